The summed E-state index contributed by atoms with van der Waals surface area (Å²) >= 11 is 6.02. The topological polar surface area (TPSA) is 12.0 Å². The Kier molecular flexibility index (Phi) is 5.10. The zero-order valence-corrected chi connectivity index (χ0v) is 11.4. The summed E-state index contributed by atoms with van der Waals surface area (Å²) < 4.78 is 0. The van der Waals surface area contributed by atoms with E-state index in [1.54, 1.807) is 0 Å². The lowest BCUT2D eigenvalue weighted by atomic mass is 9.97. The van der Waals surface area contributed by atoms with Crippen molar-refractivity contribution in [2.45, 2.75) is 45.2 Å². The van der Waals surface area contributed by atoms with Gasteiger partial charge in [0.05, 0.1) is 0 Å². The second-order valence-corrected chi connectivity index (χ2v) is 5.09. The summed E-state index contributed by atoms with van der Waals surface area (Å²) in [6.07, 6.45) is 2.66. The Balaban J connectivity index is 0.00000128. The van der Waals surface area contributed by atoms with Crippen molar-refractivity contribution >= 4 is 24.0 Å². The molecule has 1 fully saturated rings. The molecule has 90 valence electrons. The molecule has 1 aliphatic carbocycles. The van der Waals surface area contributed by atoms with Crippen LogP contribution in [0.2, 0.25) is 5.02 Å². The smallest absolute Gasteiger partial charge is 0.0409 e. The van der Waals surface area contributed by atoms with Gasteiger partial charge in [-0.15, -0.1) is 12.4 Å². The maximum Gasteiger partial charge on any atom is 0.0409 e. The normalized spacial score (nSPS) is 15.0. The molecule has 0 radical (unpaired) electrons. The van der Waals surface area contributed by atoms with Gasteiger partial charge in [-0.3, -0.25) is 0 Å². The highest BCUT2D eigenvalue weighted by molar-refractivity contribution is 6.30. The first-order valence-electron chi connectivity index (χ1n) is 5.68. The highest BCUT2D eigenvalue weighted by Crippen LogP contribution is 2.25. The van der Waals surface area contributed by atoms with E-state index < -0.39 is 0 Å². The van der Waals surface area contributed by atoms with E-state index in [0.29, 0.717) is 5.92 Å². The second kappa shape index (κ2) is 5.90. The van der Waals surface area contributed by atoms with Crippen molar-refractivity contribution in [3.8, 4) is 0 Å². The van der Waals surface area contributed by atoms with Gasteiger partial charge in [-0.1, -0.05) is 31.5 Å². The van der Waals surface area contributed by atoms with Gasteiger partial charge in [0.15, 0.2) is 0 Å². The largest absolute Gasteiger partial charge is 0.310 e. The molecule has 1 aliphatic rings. The van der Waals surface area contributed by atoms with E-state index in [-0.39, 0.29) is 12.4 Å². The molecule has 0 heterocycles. The van der Waals surface area contributed by atoms with Crippen LogP contribution < -0.4 is 5.32 Å². The van der Waals surface area contributed by atoms with Gasteiger partial charge in [0.2, 0.25) is 0 Å². The number of hydrogen-bond donors (Lipinski definition) is 1. The maximum absolute atomic E-state index is 6.02. The van der Waals surface area contributed by atoms with Gasteiger partial charge in [0.25, 0.3) is 0 Å². The molecular formula is C13H19Cl2N. The van der Waals surface area contributed by atoms with Crippen molar-refractivity contribution < 1.29 is 0 Å². The molecule has 0 unspecified atom stereocenters. The van der Waals surface area contributed by atoms with Gasteiger partial charge < -0.3 is 5.32 Å². The molecule has 1 N–H and O–H groups in total. The van der Waals surface area contributed by atoms with E-state index in [0.717, 1.165) is 17.6 Å². The minimum atomic E-state index is 0. The maximum atomic E-state index is 6.02. The summed E-state index contributed by atoms with van der Waals surface area (Å²) in [5, 5.41) is 4.38. The van der Waals surface area contributed by atoms with Gasteiger partial charge in [-0.25, -0.2) is 0 Å². The number of benzene rings is 1. The van der Waals surface area contributed by atoms with E-state index in [1.807, 2.05) is 6.07 Å². The van der Waals surface area contributed by atoms with Crippen LogP contribution in [0, 0.1) is 0 Å². The third kappa shape index (κ3) is 3.65. The Morgan fingerprint density at radius 2 is 2.06 bits per heavy atom. The van der Waals surface area contributed by atoms with Gasteiger partial charge in [-0.05, 0) is 42.0 Å². The van der Waals surface area contributed by atoms with Crippen LogP contribution in [0.5, 0.6) is 0 Å². The van der Waals surface area contributed by atoms with Crippen molar-refractivity contribution in [3.63, 3.8) is 0 Å². The predicted molar refractivity (Wildman–Crippen MR) is 72.7 cm³/mol. The fourth-order valence-corrected chi connectivity index (χ4v) is 2.03. The molecule has 0 saturated heterocycles. The number of rotatable bonds is 4. The van der Waals surface area contributed by atoms with E-state index >= 15 is 0 Å². The quantitative estimate of drug-likeness (QED) is 0.858. The van der Waals surface area contributed by atoms with Crippen LogP contribution in [0.1, 0.15) is 43.7 Å². The third-order valence-electron chi connectivity index (χ3n) is 2.89. The summed E-state index contributed by atoms with van der Waals surface area (Å²) in [6, 6.07) is 6.98. The average molecular weight is 260 g/mol. The summed E-state index contributed by atoms with van der Waals surface area (Å²) in [7, 11) is 0. The summed E-state index contributed by atoms with van der Waals surface area (Å²) in [6.45, 7) is 5.41. The predicted octanol–water partition coefficient (Wildman–Crippen LogP) is 4.14. The van der Waals surface area contributed by atoms with E-state index in [2.05, 4.69) is 31.3 Å². The molecule has 0 atom stereocenters. The first kappa shape index (κ1) is 13.8. The lowest BCUT2D eigenvalue weighted by Gasteiger charge is -2.13. The lowest BCUT2D eigenvalue weighted by Crippen LogP contribution is -2.16. The average Bonchev–Trinajstić information content (AvgIpc) is 2.97. The molecule has 0 amide bonds. The molecule has 3 heteroatoms. The first-order chi connectivity index (χ1) is 7.16. The molecule has 1 saturated carbocycles. The Morgan fingerprint density at radius 1 is 1.38 bits per heavy atom. The van der Waals surface area contributed by atoms with Crippen molar-refractivity contribution in [1.82, 2.24) is 5.32 Å². The summed E-state index contributed by atoms with van der Waals surface area (Å²) in [5.74, 6) is 0.568. The van der Waals surface area contributed by atoms with Crippen LogP contribution in [0.15, 0.2) is 18.2 Å². The number of halogens is 2. The van der Waals surface area contributed by atoms with E-state index in [4.69, 9.17) is 11.6 Å². The molecule has 0 spiro atoms. The van der Waals surface area contributed by atoms with Crippen LogP contribution in [0.4, 0.5) is 0 Å². The zero-order chi connectivity index (χ0) is 10.8. The molecule has 16 heavy (non-hydrogen) atoms. The molecule has 0 aromatic heterocycles. The van der Waals surface area contributed by atoms with Crippen molar-refractivity contribution in [1.29, 1.82) is 0 Å². The molecule has 1 aromatic rings. The zero-order valence-electron chi connectivity index (χ0n) is 9.79. The molecule has 0 aliphatic heterocycles. The highest BCUT2D eigenvalue weighted by atomic mass is 35.5. The fraction of sp³-hybridized carbons (Fsp3) is 0.538. The molecular weight excluding hydrogens is 241 g/mol. The second-order valence-electron chi connectivity index (χ2n) is 4.65. The Labute approximate surface area is 109 Å². The van der Waals surface area contributed by atoms with Crippen molar-refractivity contribution in [2.75, 3.05) is 0 Å². The van der Waals surface area contributed by atoms with Gasteiger partial charge in [-0.2, -0.15) is 0 Å². The summed E-state index contributed by atoms with van der Waals surface area (Å²) in [4.78, 5) is 0. The molecule has 0 bridgehead atoms. The lowest BCUT2D eigenvalue weighted by molar-refractivity contribution is 0.676. The Morgan fingerprint density at radius 3 is 2.62 bits per heavy atom. The fourth-order valence-electron chi connectivity index (χ4n) is 1.83. The van der Waals surface area contributed by atoms with Crippen LogP contribution >= 0.6 is 24.0 Å². The molecule has 2 rings (SSSR count). The molecule has 1 aromatic carbocycles. The van der Waals surface area contributed by atoms with Crippen LogP contribution in [-0.2, 0) is 6.54 Å². The number of hydrogen-bond acceptors (Lipinski definition) is 1. The Bertz CT molecular complexity index is 346. The minimum absolute atomic E-state index is 0. The Hall–Kier alpha value is -0.240. The summed E-state index contributed by atoms with van der Waals surface area (Å²) in [5.41, 5.74) is 2.76. The third-order valence-corrected chi connectivity index (χ3v) is 3.12. The standard InChI is InChI=1S/C13H18ClN.ClH/c1-9(2)13-6-3-11(14)7-10(13)8-15-12-4-5-12;/h3,6-7,9,12,15H,4-5,8H2,1-2H3;1H. The first-order valence-corrected chi connectivity index (χ1v) is 6.06. The van der Waals surface area contributed by atoms with Gasteiger partial charge in [0, 0.05) is 17.6 Å². The van der Waals surface area contributed by atoms with Gasteiger partial charge >= 0.3 is 0 Å². The van der Waals surface area contributed by atoms with Crippen molar-refractivity contribution in [2.24, 2.45) is 0 Å². The van der Waals surface area contributed by atoms with Crippen LogP contribution in [0.25, 0.3) is 0 Å². The van der Waals surface area contributed by atoms with Crippen molar-refractivity contribution in [3.05, 3.63) is 34.3 Å². The van der Waals surface area contributed by atoms with E-state index in [9.17, 15) is 0 Å². The monoisotopic (exact) mass is 259 g/mol. The van der Waals surface area contributed by atoms with Gasteiger partial charge in [0.1, 0.15) is 0 Å². The highest BCUT2D eigenvalue weighted by Gasteiger charge is 2.20. The minimum Gasteiger partial charge on any atom is -0.310 e. The van der Waals surface area contributed by atoms with Crippen LogP contribution in [0.3, 0.4) is 0 Å². The molecule has 1 nitrogen and oxygen atoms in total. The SMILES string of the molecule is CC(C)c1ccc(Cl)cc1CNC1CC1.Cl. The van der Waals surface area contributed by atoms with Crippen LogP contribution in [-0.4, -0.2) is 6.04 Å². The van der Waals surface area contributed by atoms with E-state index in [1.165, 1.54) is 24.0 Å². The number of nitrogens with one attached hydrogen (secondary N) is 1.